The second-order valence-corrected chi connectivity index (χ2v) is 6.30. The van der Waals surface area contributed by atoms with Crippen molar-refractivity contribution in [2.24, 2.45) is 5.10 Å². The Morgan fingerprint density at radius 2 is 2.00 bits per heavy atom. The number of alkyl halides is 2. The second-order valence-electron chi connectivity index (χ2n) is 6.30. The average molecular weight is 370 g/mol. The Balaban J connectivity index is 1.94. The standard InChI is InChI=1S/C19H20F2N6/c1-13-8-9-17(19(20,21)18-22-25-26-23-18)10-11-27(24-15(13)3)12-16-7-5-4-6-14(16)2/h4-10H,1,11-12H2,2-3H3,(H,22,23,25,26)/b9-8-,17-10+,24-15-. The fraction of sp³-hybridized carbons (Fsp3) is 0.263. The molecule has 0 saturated heterocycles. The van der Waals surface area contributed by atoms with Crippen LogP contribution in [0.2, 0.25) is 0 Å². The van der Waals surface area contributed by atoms with Crippen LogP contribution in [0.15, 0.2) is 65.3 Å². The first-order valence-corrected chi connectivity index (χ1v) is 8.42. The molecule has 27 heavy (non-hydrogen) atoms. The van der Waals surface area contributed by atoms with E-state index in [2.05, 4.69) is 32.3 Å². The number of aromatic amines is 1. The van der Waals surface area contributed by atoms with Gasteiger partial charge in [-0.25, -0.2) is 5.10 Å². The van der Waals surface area contributed by atoms with Crippen molar-refractivity contribution in [3.8, 4) is 0 Å². The Morgan fingerprint density at radius 3 is 2.70 bits per heavy atom. The number of hydrazone groups is 1. The van der Waals surface area contributed by atoms with Crippen LogP contribution in [0.5, 0.6) is 0 Å². The van der Waals surface area contributed by atoms with Gasteiger partial charge >= 0.3 is 5.92 Å². The molecule has 0 fully saturated rings. The van der Waals surface area contributed by atoms with Crippen LogP contribution in [0.1, 0.15) is 23.9 Å². The molecule has 140 valence electrons. The number of aryl methyl sites for hydroxylation is 1. The predicted octanol–water partition coefficient (Wildman–Crippen LogP) is 3.53. The van der Waals surface area contributed by atoms with Crippen LogP contribution in [-0.4, -0.2) is 37.9 Å². The average Bonchev–Trinajstić information content (AvgIpc) is 3.18. The summed E-state index contributed by atoms with van der Waals surface area (Å²) in [5, 5.41) is 18.3. The Bertz CT molecular complexity index is 912. The van der Waals surface area contributed by atoms with E-state index in [0.29, 0.717) is 17.8 Å². The summed E-state index contributed by atoms with van der Waals surface area (Å²) in [4.78, 5) is 0. The summed E-state index contributed by atoms with van der Waals surface area (Å²) < 4.78 is 29.6. The van der Waals surface area contributed by atoms with E-state index >= 15 is 0 Å². The lowest BCUT2D eigenvalue weighted by atomic mass is 10.0. The number of tetrazole rings is 1. The molecule has 8 heteroatoms. The Labute approximate surface area is 156 Å². The van der Waals surface area contributed by atoms with Gasteiger partial charge in [-0.2, -0.15) is 13.9 Å². The number of halogens is 2. The molecule has 1 aromatic carbocycles. The molecule has 3 rings (SSSR count). The van der Waals surface area contributed by atoms with Crippen molar-refractivity contribution in [2.75, 3.05) is 6.54 Å². The SMILES string of the molecule is C=C1/C=C\C(C(F)(F)c2nnn[nH]2)=C/CN(Cc2ccccc2C)/N=C\1C. The highest BCUT2D eigenvalue weighted by Gasteiger charge is 2.39. The predicted molar refractivity (Wildman–Crippen MR) is 99.1 cm³/mol. The van der Waals surface area contributed by atoms with E-state index in [0.717, 1.165) is 11.1 Å². The maximum atomic E-state index is 14.8. The number of allylic oxidation sites excluding steroid dienone is 4. The van der Waals surface area contributed by atoms with Crippen LogP contribution in [0.4, 0.5) is 8.78 Å². The molecular weight excluding hydrogens is 350 g/mol. The summed E-state index contributed by atoms with van der Waals surface area (Å²) in [6.07, 6.45) is 4.30. The van der Waals surface area contributed by atoms with E-state index in [4.69, 9.17) is 0 Å². The van der Waals surface area contributed by atoms with Crippen LogP contribution in [0.25, 0.3) is 0 Å². The number of H-pyrrole nitrogens is 1. The molecule has 1 aliphatic rings. The highest BCUT2D eigenvalue weighted by molar-refractivity contribution is 6.00. The first kappa shape index (κ1) is 18.6. The molecule has 0 saturated carbocycles. The molecule has 0 aliphatic carbocycles. The zero-order valence-electron chi connectivity index (χ0n) is 15.2. The van der Waals surface area contributed by atoms with E-state index in [9.17, 15) is 8.78 Å². The van der Waals surface area contributed by atoms with Gasteiger partial charge in [-0.1, -0.05) is 49.1 Å². The van der Waals surface area contributed by atoms with Gasteiger partial charge in [0.1, 0.15) is 0 Å². The lowest BCUT2D eigenvalue weighted by Crippen LogP contribution is -2.22. The van der Waals surface area contributed by atoms with Gasteiger partial charge in [0, 0.05) is 5.57 Å². The van der Waals surface area contributed by atoms with E-state index < -0.39 is 11.7 Å². The second kappa shape index (κ2) is 7.61. The Kier molecular flexibility index (Phi) is 5.25. The normalized spacial score (nSPS) is 20.7. The van der Waals surface area contributed by atoms with Gasteiger partial charge in [-0.05, 0) is 41.0 Å². The minimum Gasteiger partial charge on any atom is -0.289 e. The molecule has 0 spiro atoms. The lowest BCUT2D eigenvalue weighted by molar-refractivity contribution is 0.0314. The molecule has 0 unspecified atom stereocenters. The minimum atomic E-state index is -3.35. The molecule has 1 aromatic heterocycles. The van der Waals surface area contributed by atoms with Crippen molar-refractivity contribution in [3.63, 3.8) is 0 Å². The van der Waals surface area contributed by atoms with Crippen LogP contribution >= 0.6 is 0 Å². The van der Waals surface area contributed by atoms with Gasteiger partial charge in [0.15, 0.2) is 0 Å². The highest BCUT2D eigenvalue weighted by Crippen LogP contribution is 2.34. The van der Waals surface area contributed by atoms with Crippen LogP contribution < -0.4 is 0 Å². The number of hydrogen-bond acceptors (Lipinski definition) is 5. The number of hydrogen-bond donors (Lipinski definition) is 1. The van der Waals surface area contributed by atoms with Gasteiger partial charge in [-0.15, -0.1) is 5.10 Å². The van der Waals surface area contributed by atoms with Crippen LogP contribution in [0.3, 0.4) is 0 Å². The van der Waals surface area contributed by atoms with Crippen molar-refractivity contribution in [2.45, 2.75) is 26.3 Å². The number of aromatic nitrogens is 4. The zero-order valence-corrected chi connectivity index (χ0v) is 15.2. The van der Waals surface area contributed by atoms with Crippen LogP contribution in [-0.2, 0) is 12.5 Å². The Hall–Kier alpha value is -3.16. The molecule has 2 heterocycles. The first-order chi connectivity index (χ1) is 12.9. The first-order valence-electron chi connectivity index (χ1n) is 8.42. The molecule has 0 atom stereocenters. The van der Waals surface area contributed by atoms with Gasteiger partial charge < -0.3 is 0 Å². The number of benzene rings is 1. The molecular formula is C19H20F2N6. The van der Waals surface area contributed by atoms with Crippen molar-refractivity contribution in [1.29, 1.82) is 0 Å². The fourth-order valence-corrected chi connectivity index (χ4v) is 2.65. The minimum absolute atomic E-state index is 0.204. The topological polar surface area (TPSA) is 70.1 Å². The third kappa shape index (κ3) is 4.16. The lowest BCUT2D eigenvalue weighted by Gasteiger charge is -2.21. The summed E-state index contributed by atoms with van der Waals surface area (Å²) in [7, 11) is 0. The summed E-state index contributed by atoms with van der Waals surface area (Å²) in [5.41, 5.74) is 3.20. The van der Waals surface area contributed by atoms with Crippen molar-refractivity contribution in [1.82, 2.24) is 25.6 Å². The maximum Gasteiger partial charge on any atom is 0.332 e. The number of nitrogens with zero attached hydrogens (tertiary/aromatic N) is 5. The molecule has 0 bridgehead atoms. The summed E-state index contributed by atoms with van der Waals surface area (Å²) in [6.45, 7) is 8.43. The van der Waals surface area contributed by atoms with Gasteiger partial charge in [0.25, 0.3) is 0 Å². The number of nitrogens with one attached hydrogen (secondary N) is 1. The van der Waals surface area contributed by atoms with Gasteiger partial charge in [-0.3, -0.25) is 5.01 Å². The monoisotopic (exact) mass is 370 g/mol. The van der Waals surface area contributed by atoms with Crippen molar-refractivity contribution >= 4 is 5.71 Å². The summed E-state index contributed by atoms with van der Waals surface area (Å²) in [5.74, 6) is -3.96. The van der Waals surface area contributed by atoms with E-state index in [-0.39, 0.29) is 12.1 Å². The van der Waals surface area contributed by atoms with Gasteiger partial charge in [0.05, 0.1) is 18.8 Å². The molecule has 0 radical (unpaired) electrons. The molecule has 2 aromatic rings. The van der Waals surface area contributed by atoms with Crippen LogP contribution in [0, 0.1) is 6.92 Å². The zero-order chi connectivity index (χ0) is 19.4. The van der Waals surface area contributed by atoms with Crippen molar-refractivity contribution < 1.29 is 8.78 Å². The largest absolute Gasteiger partial charge is 0.332 e. The molecule has 0 amide bonds. The maximum absolute atomic E-state index is 14.8. The van der Waals surface area contributed by atoms with Gasteiger partial charge in [0.2, 0.25) is 5.82 Å². The van der Waals surface area contributed by atoms with E-state index in [1.54, 1.807) is 11.9 Å². The summed E-state index contributed by atoms with van der Waals surface area (Å²) >= 11 is 0. The third-order valence-electron chi connectivity index (χ3n) is 4.36. The third-order valence-corrected chi connectivity index (χ3v) is 4.36. The molecule has 6 nitrogen and oxygen atoms in total. The fourth-order valence-electron chi connectivity index (χ4n) is 2.65. The van der Waals surface area contributed by atoms with Crippen molar-refractivity contribution in [3.05, 3.63) is 77.2 Å². The smallest absolute Gasteiger partial charge is 0.289 e. The summed E-state index contributed by atoms with van der Waals surface area (Å²) in [6, 6.07) is 7.91. The molecule has 1 aliphatic heterocycles. The molecule has 1 N–H and O–H groups in total. The quantitative estimate of drug-likeness (QED) is 0.894. The van der Waals surface area contributed by atoms with E-state index in [1.165, 1.54) is 18.2 Å². The Morgan fingerprint density at radius 1 is 1.22 bits per heavy atom. The highest BCUT2D eigenvalue weighted by atomic mass is 19.3. The number of rotatable bonds is 4. The van der Waals surface area contributed by atoms with E-state index in [1.807, 2.05) is 31.2 Å².